The number of sulfonamides is 1. The van der Waals surface area contributed by atoms with Crippen LogP contribution in [0.15, 0.2) is 42.5 Å². The van der Waals surface area contributed by atoms with E-state index in [2.05, 4.69) is 12.2 Å². The van der Waals surface area contributed by atoms with Crippen LogP contribution in [0.2, 0.25) is 0 Å². The number of aryl methyl sites for hydroxylation is 3. The molecule has 1 N–H and O–H groups in total. The molecule has 0 bridgehead atoms. The molecule has 0 aliphatic heterocycles. The lowest BCUT2D eigenvalue weighted by Crippen LogP contribution is -2.41. The van der Waals surface area contributed by atoms with Gasteiger partial charge in [0.2, 0.25) is 15.9 Å². The van der Waals surface area contributed by atoms with Crippen LogP contribution in [-0.4, -0.2) is 27.1 Å². The number of benzene rings is 2. The first-order valence-corrected chi connectivity index (χ1v) is 10.9. The predicted octanol–water partition coefficient (Wildman–Crippen LogP) is 3.51. The number of rotatable bonds is 7. The molecule has 2 rings (SSSR count). The topological polar surface area (TPSA) is 66.5 Å². The van der Waals surface area contributed by atoms with Gasteiger partial charge in [0.05, 0.1) is 18.0 Å². The first kappa shape index (κ1) is 21.0. The Morgan fingerprint density at radius 1 is 1.11 bits per heavy atom. The van der Waals surface area contributed by atoms with Crippen molar-refractivity contribution in [1.82, 2.24) is 5.32 Å². The van der Waals surface area contributed by atoms with E-state index in [0.717, 1.165) is 33.7 Å². The minimum atomic E-state index is -3.59. The van der Waals surface area contributed by atoms with Crippen molar-refractivity contribution in [1.29, 1.82) is 0 Å². The molecule has 5 nitrogen and oxygen atoms in total. The van der Waals surface area contributed by atoms with E-state index >= 15 is 0 Å². The van der Waals surface area contributed by atoms with Gasteiger partial charge < -0.3 is 5.32 Å². The highest BCUT2D eigenvalue weighted by molar-refractivity contribution is 7.92. The molecular weight excluding hydrogens is 360 g/mol. The van der Waals surface area contributed by atoms with Crippen LogP contribution in [0.5, 0.6) is 0 Å². The molecule has 0 fully saturated rings. The number of nitrogens with one attached hydrogen (secondary N) is 1. The molecule has 0 saturated carbocycles. The number of carbonyl (C=O) groups excluding carboxylic acids is 1. The van der Waals surface area contributed by atoms with Crippen LogP contribution in [0.25, 0.3) is 0 Å². The fourth-order valence-corrected chi connectivity index (χ4v) is 3.92. The minimum Gasteiger partial charge on any atom is -0.348 e. The number of nitrogens with zero attached hydrogens (tertiary/aromatic N) is 1. The van der Waals surface area contributed by atoms with Crippen molar-refractivity contribution in [2.45, 2.75) is 40.2 Å². The first-order chi connectivity index (χ1) is 12.6. The highest BCUT2D eigenvalue weighted by Gasteiger charge is 2.23. The molecule has 2 aromatic rings. The van der Waals surface area contributed by atoms with Gasteiger partial charge in [0, 0.05) is 0 Å². The maximum absolute atomic E-state index is 12.5. The van der Waals surface area contributed by atoms with Crippen LogP contribution >= 0.6 is 0 Å². The van der Waals surface area contributed by atoms with Gasteiger partial charge >= 0.3 is 0 Å². The summed E-state index contributed by atoms with van der Waals surface area (Å²) in [5, 5.41) is 2.89. The summed E-state index contributed by atoms with van der Waals surface area (Å²) in [7, 11) is -3.59. The van der Waals surface area contributed by atoms with Crippen LogP contribution in [0.1, 0.15) is 42.1 Å². The Bertz CT molecular complexity index is 906. The fourth-order valence-electron chi connectivity index (χ4n) is 3.01. The van der Waals surface area contributed by atoms with E-state index in [9.17, 15) is 13.2 Å². The molecule has 1 amide bonds. The molecule has 0 spiro atoms. The van der Waals surface area contributed by atoms with E-state index in [-0.39, 0.29) is 18.5 Å². The third-order valence-electron chi connectivity index (χ3n) is 4.57. The molecule has 0 heterocycles. The second-order valence-electron chi connectivity index (χ2n) is 6.94. The molecule has 27 heavy (non-hydrogen) atoms. The highest BCUT2D eigenvalue weighted by atomic mass is 32.2. The lowest BCUT2D eigenvalue weighted by Gasteiger charge is -2.25. The number of amides is 1. The Morgan fingerprint density at radius 2 is 1.74 bits per heavy atom. The molecule has 0 aromatic heterocycles. The normalized spacial score (nSPS) is 12.5. The Hall–Kier alpha value is -2.34. The van der Waals surface area contributed by atoms with Crippen molar-refractivity contribution in [3.63, 3.8) is 0 Å². The smallest absolute Gasteiger partial charge is 0.241 e. The standard InChI is InChI=1S/C21H28N2O3S/c1-6-18-8-10-19(11-9-18)17(4)22-21(24)14-23(27(5,25)26)20-12-7-15(2)13-16(20)3/h7-13,17H,6,14H2,1-5H3,(H,22,24)/t17-/m0/s1. The summed E-state index contributed by atoms with van der Waals surface area (Å²) in [6.07, 6.45) is 2.08. The maximum atomic E-state index is 12.5. The number of carbonyl (C=O) groups is 1. The largest absolute Gasteiger partial charge is 0.348 e. The lowest BCUT2D eigenvalue weighted by molar-refractivity contribution is -0.120. The molecule has 0 aliphatic rings. The Labute approximate surface area is 162 Å². The van der Waals surface area contributed by atoms with E-state index in [1.54, 1.807) is 6.07 Å². The Balaban J connectivity index is 2.16. The van der Waals surface area contributed by atoms with Crippen LogP contribution in [0.3, 0.4) is 0 Å². The zero-order chi connectivity index (χ0) is 20.2. The molecular formula is C21H28N2O3S. The van der Waals surface area contributed by atoms with Crippen molar-refractivity contribution < 1.29 is 13.2 Å². The van der Waals surface area contributed by atoms with E-state index in [1.807, 2.05) is 57.2 Å². The van der Waals surface area contributed by atoms with E-state index < -0.39 is 10.0 Å². The van der Waals surface area contributed by atoms with Crippen LogP contribution < -0.4 is 9.62 Å². The van der Waals surface area contributed by atoms with Gasteiger partial charge in [-0.1, -0.05) is 48.9 Å². The van der Waals surface area contributed by atoms with Gasteiger partial charge in [-0.15, -0.1) is 0 Å². The molecule has 6 heteroatoms. The zero-order valence-electron chi connectivity index (χ0n) is 16.6. The molecule has 1 atom stereocenters. The van der Waals surface area contributed by atoms with Crippen molar-refractivity contribution in [2.75, 3.05) is 17.1 Å². The van der Waals surface area contributed by atoms with Crippen molar-refractivity contribution in [3.8, 4) is 0 Å². The van der Waals surface area contributed by atoms with Crippen LogP contribution in [0.4, 0.5) is 5.69 Å². The summed E-state index contributed by atoms with van der Waals surface area (Å²) >= 11 is 0. The number of anilines is 1. The van der Waals surface area contributed by atoms with E-state index in [4.69, 9.17) is 0 Å². The minimum absolute atomic E-state index is 0.205. The summed E-state index contributed by atoms with van der Waals surface area (Å²) in [4.78, 5) is 12.5. The molecule has 0 unspecified atom stereocenters. The number of hydrogen-bond donors (Lipinski definition) is 1. The summed E-state index contributed by atoms with van der Waals surface area (Å²) in [6, 6.07) is 13.3. The van der Waals surface area contributed by atoms with Gasteiger partial charge in [0.25, 0.3) is 0 Å². The average molecular weight is 389 g/mol. The summed E-state index contributed by atoms with van der Waals surface area (Å²) < 4.78 is 25.7. The van der Waals surface area contributed by atoms with E-state index in [0.29, 0.717) is 5.69 Å². The predicted molar refractivity (Wildman–Crippen MR) is 110 cm³/mol. The van der Waals surface area contributed by atoms with Crippen LogP contribution in [-0.2, 0) is 21.2 Å². The van der Waals surface area contributed by atoms with E-state index in [1.165, 1.54) is 5.56 Å². The van der Waals surface area contributed by atoms with Gasteiger partial charge in [-0.3, -0.25) is 9.10 Å². The third-order valence-corrected chi connectivity index (χ3v) is 5.70. The summed E-state index contributed by atoms with van der Waals surface area (Å²) in [6.45, 7) is 7.52. The molecule has 0 aliphatic carbocycles. The van der Waals surface area contributed by atoms with Gasteiger partial charge in [0.15, 0.2) is 0 Å². The quantitative estimate of drug-likeness (QED) is 0.789. The fraction of sp³-hybridized carbons (Fsp3) is 0.381. The SMILES string of the molecule is CCc1ccc([C@H](C)NC(=O)CN(c2ccc(C)cc2C)S(C)(=O)=O)cc1. The Kier molecular flexibility index (Phi) is 6.65. The Morgan fingerprint density at radius 3 is 2.26 bits per heavy atom. The van der Waals surface area contributed by atoms with Crippen molar-refractivity contribution >= 4 is 21.6 Å². The lowest BCUT2D eigenvalue weighted by atomic mass is 10.1. The van der Waals surface area contributed by atoms with Gasteiger partial charge in [-0.25, -0.2) is 8.42 Å². The molecule has 2 aromatic carbocycles. The van der Waals surface area contributed by atoms with Gasteiger partial charge in [-0.05, 0) is 49.9 Å². The third kappa shape index (κ3) is 5.57. The second kappa shape index (κ2) is 8.57. The molecule has 0 radical (unpaired) electrons. The monoisotopic (exact) mass is 388 g/mol. The average Bonchev–Trinajstić information content (AvgIpc) is 2.59. The molecule has 0 saturated heterocycles. The first-order valence-electron chi connectivity index (χ1n) is 9.05. The second-order valence-corrected chi connectivity index (χ2v) is 8.85. The number of hydrogen-bond acceptors (Lipinski definition) is 3. The van der Waals surface area contributed by atoms with Crippen molar-refractivity contribution in [2.24, 2.45) is 0 Å². The maximum Gasteiger partial charge on any atom is 0.241 e. The summed E-state index contributed by atoms with van der Waals surface area (Å²) in [5.41, 5.74) is 4.60. The zero-order valence-corrected chi connectivity index (χ0v) is 17.4. The highest BCUT2D eigenvalue weighted by Crippen LogP contribution is 2.23. The molecule has 146 valence electrons. The summed E-state index contributed by atoms with van der Waals surface area (Å²) in [5.74, 6) is -0.340. The van der Waals surface area contributed by atoms with Gasteiger partial charge in [0.1, 0.15) is 6.54 Å². The van der Waals surface area contributed by atoms with Gasteiger partial charge in [-0.2, -0.15) is 0 Å². The van der Waals surface area contributed by atoms with Crippen molar-refractivity contribution in [3.05, 3.63) is 64.7 Å². The van der Waals surface area contributed by atoms with Crippen LogP contribution in [0, 0.1) is 13.8 Å².